The van der Waals surface area contributed by atoms with Crippen molar-refractivity contribution >= 4 is 28.3 Å². The summed E-state index contributed by atoms with van der Waals surface area (Å²) >= 11 is 0. The van der Waals surface area contributed by atoms with Crippen LogP contribution in [0.2, 0.25) is 0 Å². The molecule has 0 saturated carbocycles. The number of nitro benzene ring substituents is 1. The molecular formula is C12H10N2O5. The van der Waals surface area contributed by atoms with Crippen LogP contribution in [0.15, 0.2) is 27.4 Å². The topological polar surface area (TPSA) is 102 Å². The van der Waals surface area contributed by atoms with Gasteiger partial charge in [-0.25, -0.2) is 4.79 Å². The molecule has 98 valence electrons. The van der Waals surface area contributed by atoms with E-state index in [0.29, 0.717) is 10.9 Å². The summed E-state index contributed by atoms with van der Waals surface area (Å²) in [5.41, 5.74) is -0.0332. The molecule has 0 radical (unpaired) electrons. The van der Waals surface area contributed by atoms with Gasteiger partial charge in [-0.3, -0.25) is 14.9 Å². The Morgan fingerprint density at radius 2 is 2.05 bits per heavy atom. The summed E-state index contributed by atoms with van der Waals surface area (Å²) in [6.45, 7) is 2.89. The first-order chi connectivity index (χ1) is 8.88. The van der Waals surface area contributed by atoms with Gasteiger partial charge in [-0.2, -0.15) is 0 Å². The number of carbonyl (C=O) groups is 1. The zero-order valence-corrected chi connectivity index (χ0v) is 10.2. The second-order valence-corrected chi connectivity index (χ2v) is 4.05. The summed E-state index contributed by atoms with van der Waals surface area (Å²) in [6.07, 6.45) is 0. The van der Waals surface area contributed by atoms with Gasteiger partial charge in [0.2, 0.25) is 5.91 Å². The maximum atomic E-state index is 11.3. The van der Waals surface area contributed by atoms with Crippen molar-refractivity contribution in [1.29, 1.82) is 0 Å². The largest absolute Gasteiger partial charge is 0.423 e. The predicted molar refractivity (Wildman–Crippen MR) is 68.2 cm³/mol. The number of hydrogen-bond acceptors (Lipinski definition) is 5. The molecule has 0 aliphatic heterocycles. The zero-order chi connectivity index (χ0) is 14.2. The van der Waals surface area contributed by atoms with Crippen molar-refractivity contribution < 1.29 is 14.1 Å². The molecule has 1 heterocycles. The van der Waals surface area contributed by atoms with Gasteiger partial charge in [0.25, 0.3) is 5.69 Å². The first-order valence-electron chi connectivity index (χ1n) is 5.39. The number of aryl methyl sites for hydroxylation is 1. The standard InChI is InChI=1S/C12H10N2O5/c1-6-3-12(16)19-11-5-9(13-7(2)15)10(14(17)18)4-8(6)11/h3-5H,1-2H3,(H,13,15). The van der Waals surface area contributed by atoms with Crippen LogP contribution >= 0.6 is 0 Å². The van der Waals surface area contributed by atoms with Crippen LogP contribution < -0.4 is 10.9 Å². The maximum Gasteiger partial charge on any atom is 0.336 e. The Morgan fingerprint density at radius 3 is 2.63 bits per heavy atom. The fourth-order valence-corrected chi connectivity index (χ4v) is 1.79. The highest BCUT2D eigenvalue weighted by Gasteiger charge is 2.18. The second-order valence-electron chi connectivity index (χ2n) is 4.05. The number of anilines is 1. The summed E-state index contributed by atoms with van der Waals surface area (Å²) in [7, 11) is 0. The van der Waals surface area contributed by atoms with Gasteiger partial charge in [-0.05, 0) is 12.5 Å². The molecule has 0 saturated heterocycles. The van der Waals surface area contributed by atoms with Crippen LogP contribution in [0.3, 0.4) is 0 Å². The first kappa shape index (κ1) is 12.7. The molecule has 2 aromatic rings. The lowest BCUT2D eigenvalue weighted by molar-refractivity contribution is -0.383. The van der Waals surface area contributed by atoms with E-state index in [4.69, 9.17) is 4.42 Å². The van der Waals surface area contributed by atoms with Crippen molar-refractivity contribution in [3.8, 4) is 0 Å². The number of benzene rings is 1. The highest BCUT2D eigenvalue weighted by Crippen LogP contribution is 2.30. The Balaban J connectivity index is 2.79. The van der Waals surface area contributed by atoms with E-state index >= 15 is 0 Å². The molecule has 0 aliphatic rings. The monoisotopic (exact) mass is 262 g/mol. The lowest BCUT2D eigenvalue weighted by Crippen LogP contribution is -2.08. The molecular weight excluding hydrogens is 252 g/mol. The predicted octanol–water partition coefficient (Wildman–Crippen LogP) is 1.97. The number of fused-ring (bicyclic) bond motifs is 1. The van der Waals surface area contributed by atoms with Crippen LogP contribution in [0.1, 0.15) is 12.5 Å². The minimum atomic E-state index is -0.602. The Morgan fingerprint density at radius 1 is 1.37 bits per heavy atom. The van der Waals surface area contributed by atoms with Crippen molar-refractivity contribution in [3.05, 3.63) is 44.3 Å². The molecule has 0 spiro atoms. The van der Waals surface area contributed by atoms with E-state index in [0.717, 1.165) is 0 Å². The molecule has 7 nitrogen and oxygen atoms in total. The molecule has 0 unspecified atom stereocenters. The summed E-state index contributed by atoms with van der Waals surface area (Å²) in [4.78, 5) is 32.7. The minimum Gasteiger partial charge on any atom is -0.423 e. The summed E-state index contributed by atoms with van der Waals surface area (Å²) in [6, 6.07) is 3.81. The van der Waals surface area contributed by atoms with Gasteiger partial charge in [-0.15, -0.1) is 0 Å². The number of nitrogens with one attached hydrogen (secondary N) is 1. The molecule has 19 heavy (non-hydrogen) atoms. The molecule has 0 atom stereocenters. The summed E-state index contributed by atoms with van der Waals surface area (Å²) < 4.78 is 4.97. The molecule has 1 aromatic carbocycles. The van der Waals surface area contributed by atoms with E-state index < -0.39 is 16.5 Å². The van der Waals surface area contributed by atoms with Crippen molar-refractivity contribution in [2.45, 2.75) is 13.8 Å². The summed E-state index contributed by atoms with van der Waals surface area (Å²) in [5, 5.41) is 13.8. The molecule has 0 aliphatic carbocycles. The number of nitrogens with zero attached hydrogens (tertiary/aromatic N) is 1. The number of nitro groups is 1. The van der Waals surface area contributed by atoms with Crippen LogP contribution in [-0.4, -0.2) is 10.8 Å². The fourth-order valence-electron chi connectivity index (χ4n) is 1.79. The van der Waals surface area contributed by atoms with Gasteiger partial charge in [0, 0.05) is 30.5 Å². The molecule has 1 N–H and O–H groups in total. The molecule has 1 aromatic heterocycles. The van der Waals surface area contributed by atoms with E-state index in [1.54, 1.807) is 6.92 Å². The van der Waals surface area contributed by atoms with E-state index in [1.807, 2.05) is 0 Å². The van der Waals surface area contributed by atoms with Gasteiger partial charge in [0.15, 0.2) is 0 Å². The van der Waals surface area contributed by atoms with Crippen LogP contribution in [0.4, 0.5) is 11.4 Å². The molecule has 1 amide bonds. The van der Waals surface area contributed by atoms with Gasteiger partial charge in [0.05, 0.1) is 4.92 Å². The quantitative estimate of drug-likeness (QED) is 0.506. The third kappa shape index (κ3) is 2.44. The van der Waals surface area contributed by atoms with Crippen molar-refractivity contribution in [2.24, 2.45) is 0 Å². The van der Waals surface area contributed by atoms with Gasteiger partial charge < -0.3 is 9.73 Å². The fraction of sp³-hybridized carbons (Fsp3) is 0.167. The lowest BCUT2D eigenvalue weighted by Gasteiger charge is -2.06. The van der Waals surface area contributed by atoms with Crippen LogP contribution in [-0.2, 0) is 4.79 Å². The second kappa shape index (κ2) is 4.52. The van der Waals surface area contributed by atoms with Crippen molar-refractivity contribution in [3.63, 3.8) is 0 Å². The minimum absolute atomic E-state index is 0.00116. The van der Waals surface area contributed by atoms with E-state index in [1.165, 1.54) is 25.1 Å². The Hall–Kier alpha value is -2.70. The van der Waals surface area contributed by atoms with E-state index in [-0.39, 0.29) is 17.0 Å². The average molecular weight is 262 g/mol. The van der Waals surface area contributed by atoms with Gasteiger partial charge in [0.1, 0.15) is 11.3 Å². The summed E-state index contributed by atoms with van der Waals surface area (Å²) in [5.74, 6) is -0.447. The Kier molecular flexibility index (Phi) is 3.04. The Labute approximate surface area is 107 Å². The molecule has 0 fully saturated rings. The normalized spacial score (nSPS) is 10.4. The smallest absolute Gasteiger partial charge is 0.336 e. The van der Waals surface area contributed by atoms with Crippen molar-refractivity contribution in [2.75, 3.05) is 5.32 Å². The van der Waals surface area contributed by atoms with Crippen LogP contribution in [0.5, 0.6) is 0 Å². The zero-order valence-electron chi connectivity index (χ0n) is 10.2. The SMILES string of the molecule is CC(=O)Nc1cc2oc(=O)cc(C)c2cc1[N+](=O)[O-]. The van der Waals surface area contributed by atoms with Crippen LogP contribution in [0, 0.1) is 17.0 Å². The number of rotatable bonds is 2. The Bertz CT molecular complexity index is 748. The first-order valence-corrected chi connectivity index (χ1v) is 5.39. The number of hydrogen-bond donors (Lipinski definition) is 1. The number of carbonyl (C=O) groups excluding carboxylic acids is 1. The molecule has 0 bridgehead atoms. The van der Waals surface area contributed by atoms with E-state index in [9.17, 15) is 19.7 Å². The highest BCUT2D eigenvalue weighted by molar-refractivity contribution is 5.96. The maximum absolute atomic E-state index is 11.3. The third-order valence-electron chi connectivity index (χ3n) is 2.58. The van der Waals surface area contributed by atoms with Crippen molar-refractivity contribution in [1.82, 2.24) is 0 Å². The molecule has 2 rings (SSSR count). The third-order valence-corrected chi connectivity index (χ3v) is 2.58. The number of amides is 1. The van der Waals surface area contributed by atoms with Gasteiger partial charge in [-0.1, -0.05) is 0 Å². The highest BCUT2D eigenvalue weighted by atomic mass is 16.6. The molecule has 7 heteroatoms. The average Bonchev–Trinajstić information content (AvgIpc) is 2.26. The van der Waals surface area contributed by atoms with Crippen LogP contribution in [0.25, 0.3) is 11.0 Å². The van der Waals surface area contributed by atoms with Gasteiger partial charge >= 0.3 is 5.63 Å². The lowest BCUT2D eigenvalue weighted by atomic mass is 10.1. The van der Waals surface area contributed by atoms with E-state index in [2.05, 4.69) is 5.32 Å².